The summed E-state index contributed by atoms with van der Waals surface area (Å²) in [5.74, 6) is 0.881. The molecule has 1 N–H and O–H groups in total. The van der Waals surface area contributed by atoms with Gasteiger partial charge in [0.05, 0.1) is 0 Å². The van der Waals surface area contributed by atoms with Crippen molar-refractivity contribution in [1.29, 1.82) is 0 Å². The summed E-state index contributed by atoms with van der Waals surface area (Å²) in [6.07, 6.45) is 3.07. The van der Waals surface area contributed by atoms with E-state index in [2.05, 4.69) is 49.6 Å². The molecule has 0 radical (unpaired) electrons. The van der Waals surface area contributed by atoms with Crippen molar-refractivity contribution in [2.75, 3.05) is 11.9 Å². The molecular formula is C14H11BrN4. The van der Waals surface area contributed by atoms with Gasteiger partial charge in [0.1, 0.15) is 0 Å². The largest absolute Gasteiger partial charge is 0.384 e. The van der Waals surface area contributed by atoms with E-state index in [4.69, 9.17) is 0 Å². The van der Waals surface area contributed by atoms with Crippen LogP contribution in [0.25, 0.3) is 17.0 Å². The van der Waals surface area contributed by atoms with E-state index in [0.717, 1.165) is 34.5 Å². The van der Waals surface area contributed by atoms with Gasteiger partial charge >= 0.3 is 0 Å². The molecule has 0 saturated carbocycles. The van der Waals surface area contributed by atoms with E-state index in [1.807, 2.05) is 22.7 Å². The standard InChI is InChI=1S/C14H11BrN4/c15-11-2-4-13-17-18-14(19(13)8-11)10-1-3-12-9(7-10)5-6-16-12/h1-4,7-8,16H,5-6H2. The highest BCUT2D eigenvalue weighted by molar-refractivity contribution is 9.10. The molecule has 2 aromatic heterocycles. The third-order valence-corrected chi connectivity index (χ3v) is 3.91. The van der Waals surface area contributed by atoms with Crippen LogP contribution in [0, 0.1) is 0 Å². The van der Waals surface area contributed by atoms with Crippen molar-refractivity contribution >= 4 is 27.3 Å². The minimum atomic E-state index is 0.858. The maximum absolute atomic E-state index is 4.30. The first-order valence-corrected chi connectivity index (χ1v) is 6.98. The summed E-state index contributed by atoms with van der Waals surface area (Å²) in [6, 6.07) is 10.3. The lowest BCUT2D eigenvalue weighted by Crippen LogP contribution is -1.91. The second-order valence-electron chi connectivity index (χ2n) is 4.65. The number of benzene rings is 1. The predicted molar refractivity (Wildman–Crippen MR) is 78.3 cm³/mol. The van der Waals surface area contributed by atoms with Gasteiger partial charge < -0.3 is 5.32 Å². The van der Waals surface area contributed by atoms with E-state index in [-0.39, 0.29) is 0 Å². The van der Waals surface area contributed by atoms with Crippen LogP contribution in [0.2, 0.25) is 0 Å². The Morgan fingerprint density at radius 2 is 2.11 bits per heavy atom. The first-order chi connectivity index (χ1) is 9.31. The number of nitrogens with one attached hydrogen (secondary N) is 1. The number of nitrogens with zero attached hydrogens (tertiary/aromatic N) is 3. The fourth-order valence-corrected chi connectivity index (χ4v) is 2.84. The van der Waals surface area contributed by atoms with Crippen LogP contribution >= 0.6 is 15.9 Å². The van der Waals surface area contributed by atoms with Gasteiger partial charge in [-0.05, 0) is 58.2 Å². The van der Waals surface area contributed by atoms with Crippen molar-refractivity contribution in [3.8, 4) is 11.4 Å². The van der Waals surface area contributed by atoms with E-state index >= 15 is 0 Å². The van der Waals surface area contributed by atoms with Crippen LogP contribution in [0.3, 0.4) is 0 Å². The van der Waals surface area contributed by atoms with Gasteiger partial charge in [0.15, 0.2) is 11.5 Å². The highest BCUT2D eigenvalue weighted by Crippen LogP contribution is 2.28. The molecule has 5 heteroatoms. The Bertz CT molecular complexity index is 778. The number of fused-ring (bicyclic) bond motifs is 2. The molecule has 0 unspecified atom stereocenters. The number of anilines is 1. The predicted octanol–water partition coefficient (Wildman–Crippen LogP) is 3.13. The minimum absolute atomic E-state index is 0.858. The Morgan fingerprint density at radius 1 is 1.16 bits per heavy atom. The van der Waals surface area contributed by atoms with Gasteiger partial charge in [-0.15, -0.1) is 10.2 Å². The van der Waals surface area contributed by atoms with Crippen LogP contribution in [-0.2, 0) is 6.42 Å². The quantitative estimate of drug-likeness (QED) is 0.750. The van der Waals surface area contributed by atoms with E-state index < -0.39 is 0 Å². The van der Waals surface area contributed by atoms with Crippen LogP contribution in [0.5, 0.6) is 0 Å². The number of pyridine rings is 1. The average Bonchev–Trinajstić information content (AvgIpc) is 3.03. The van der Waals surface area contributed by atoms with E-state index in [1.165, 1.54) is 11.3 Å². The van der Waals surface area contributed by atoms with Gasteiger partial charge in [0, 0.05) is 28.5 Å². The van der Waals surface area contributed by atoms with Crippen molar-refractivity contribution in [2.24, 2.45) is 0 Å². The van der Waals surface area contributed by atoms with Crippen molar-refractivity contribution in [2.45, 2.75) is 6.42 Å². The molecule has 0 amide bonds. The lowest BCUT2D eigenvalue weighted by atomic mass is 10.1. The summed E-state index contributed by atoms with van der Waals surface area (Å²) in [4.78, 5) is 0. The van der Waals surface area contributed by atoms with Crippen molar-refractivity contribution in [3.63, 3.8) is 0 Å². The van der Waals surface area contributed by atoms with Gasteiger partial charge in [0.25, 0.3) is 0 Å². The molecule has 0 atom stereocenters. The van der Waals surface area contributed by atoms with Gasteiger partial charge in [-0.1, -0.05) is 0 Å². The summed E-state index contributed by atoms with van der Waals surface area (Å²) in [5, 5.41) is 11.9. The number of rotatable bonds is 1. The SMILES string of the molecule is Brc1ccc2nnc(-c3ccc4c(c3)CCN4)n2c1. The fraction of sp³-hybridized carbons (Fsp3) is 0.143. The lowest BCUT2D eigenvalue weighted by molar-refractivity contribution is 1.09. The summed E-state index contributed by atoms with van der Waals surface area (Å²) in [7, 11) is 0. The Hall–Kier alpha value is -1.88. The Labute approximate surface area is 118 Å². The van der Waals surface area contributed by atoms with Crippen LogP contribution in [-0.4, -0.2) is 21.1 Å². The zero-order valence-electron chi connectivity index (χ0n) is 10.1. The zero-order chi connectivity index (χ0) is 12.8. The first-order valence-electron chi connectivity index (χ1n) is 6.19. The molecule has 0 saturated heterocycles. The normalized spacial score (nSPS) is 13.5. The maximum Gasteiger partial charge on any atom is 0.168 e. The van der Waals surface area contributed by atoms with Gasteiger partial charge in [-0.2, -0.15) is 0 Å². The molecular weight excluding hydrogens is 304 g/mol. The number of halogens is 1. The number of hydrogen-bond donors (Lipinski definition) is 1. The lowest BCUT2D eigenvalue weighted by Gasteiger charge is -2.04. The molecule has 0 bridgehead atoms. The third-order valence-electron chi connectivity index (χ3n) is 3.44. The van der Waals surface area contributed by atoms with Crippen LogP contribution in [0.4, 0.5) is 5.69 Å². The molecule has 1 aliphatic rings. The van der Waals surface area contributed by atoms with Crippen LogP contribution in [0.1, 0.15) is 5.56 Å². The van der Waals surface area contributed by atoms with Crippen molar-refractivity contribution < 1.29 is 0 Å². The molecule has 0 fully saturated rings. The molecule has 4 rings (SSSR count). The molecule has 1 aromatic carbocycles. The highest BCUT2D eigenvalue weighted by atomic mass is 79.9. The molecule has 1 aliphatic heterocycles. The zero-order valence-corrected chi connectivity index (χ0v) is 11.7. The minimum Gasteiger partial charge on any atom is -0.384 e. The molecule has 3 heterocycles. The van der Waals surface area contributed by atoms with Crippen LogP contribution in [0.15, 0.2) is 41.0 Å². The molecule has 4 nitrogen and oxygen atoms in total. The monoisotopic (exact) mass is 314 g/mol. The van der Waals surface area contributed by atoms with Gasteiger partial charge in [-0.3, -0.25) is 4.40 Å². The second-order valence-corrected chi connectivity index (χ2v) is 5.56. The average molecular weight is 315 g/mol. The molecule has 19 heavy (non-hydrogen) atoms. The fourth-order valence-electron chi connectivity index (χ4n) is 2.51. The first kappa shape index (κ1) is 11.0. The van der Waals surface area contributed by atoms with E-state index in [1.54, 1.807) is 0 Å². The topological polar surface area (TPSA) is 42.2 Å². The van der Waals surface area contributed by atoms with Crippen molar-refractivity contribution in [3.05, 3.63) is 46.6 Å². The Kier molecular flexibility index (Phi) is 2.35. The molecule has 94 valence electrons. The Balaban J connectivity index is 1.92. The second kappa shape index (κ2) is 4.06. The smallest absolute Gasteiger partial charge is 0.168 e. The summed E-state index contributed by atoms with van der Waals surface area (Å²) in [6.45, 7) is 1.02. The summed E-state index contributed by atoms with van der Waals surface area (Å²) < 4.78 is 3.03. The molecule has 0 spiro atoms. The number of hydrogen-bond acceptors (Lipinski definition) is 3. The molecule has 3 aromatic rings. The maximum atomic E-state index is 4.30. The third kappa shape index (κ3) is 1.73. The van der Waals surface area contributed by atoms with E-state index in [0.29, 0.717) is 0 Å². The van der Waals surface area contributed by atoms with Crippen LogP contribution < -0.4 is 5.32 Å². The highest BCUT2D eigenvalue weighted by Gasteiger charge is 2.13. The summed E-state index contributed by atoms with van der Waals surface area (Å²) in [5.41, 5.74) is 4.55. The summed E-state index contributed by atoms with van der Waals surface area (Å²) >= 11 is 3.49. The molecule has 0 aliphatic carbocycles. The van der Waals surface area contributed by atoms with Gasteiger partial charge in [0.2, 0.25) is 0 Å². The van der Waals surface area contributed by atoms with Gasteiger partial charge in [-0.25, -0.2) is 0 Å². The van der Waals surface area contributed by atoms with E-state index in [9.17, 15) is 0 Å². The van der Waals surface area contributed by atoms with Crippen molar-refractivity contribution in [1.82, 2.24) is 14.6 Å². The Morgan fingerprint density at radius 3 is 3.05 bits per heavy atom. The number of aromatic nitrogens is 3.